The van der Waals surface area contributed by atoms with Crippen molar-refractivity contribution >= 4 is 17.6 Å². The fourth-order valence-electron chi connectivity index (χ4n) is 3.68. The minimum atomic E-state index is -0.759. The van der Waals surface area contributed by atoms with Crippen LogP contribution in [0.2, 0.25) is 0 Å². The van der Waals surface area contributed by atoms with E-state index >= 15 is 0 Å². The third kappa shape index (κ3) is 4.83. The van der Waals surface area contributed by atoms with Gasteiger partial charge in [0.1, 0.15) is 17.2 Å². The van der Waals surface area contributed by atoms with Crippen LogP contribution in [0.3, 0.4) is 0 Å². The molecule has 7 heteroatoms. The molecule has 0 spiro atoms. The number of rotatable bonds is 6. The molecule has 0 bridgehead atoms. The highest BCUT2D eigenvalue weighted by atomic mass is 16.5. The van der Waals surface area contributed by atoms with Crippen molar-refractivity contribution < 1.29 is 19.4 Å². The van der Waals surface area contributed by atoms with Crippen molar-refractivity contribution in [3.63, 3.8) is 0 Å². The van der Waals surface area contributed by atoms with Crippen LogP contribution >= 0.6 is 0 Å². The number of primary amides is 1. The number of ether oxygens (including phenoxy) is 1. The molecular weight excluding hydrogens is 394 g/mol. The first-order chi connectivity index (χ1) is 15.0. The summed E-state index contributed by atoms with van der Waals surface area (Å²) in [7, 11) is 0. The number of amides is 1. The molecule has 31 heavy (non-hydrogen) atoms. The van der Waals surface area contributed by atoms with Gasteiger partial charge in [-0.05, 0) is 61.4 Å². The standard InChI is InChI=1S/C24H23N3O4/c25-23(28)22-15-18(27-12-10-17(11-13-27)24(29)30)14-21(26-22)16-6-8-20(9-7-16)31-19-4-2-1-3-5-19/h1-9,14-15,17H,10-13H2,(H2,25,28)(H,29,30). The average Bonchev–Trinajstić information content (AvgIpc) is 2.80. The van der Waals surface area contributed by atoms with Crippen molar-refractivity contribution in [2.75, 3.05) is 18.0 Å². The zero-order valence-electron chi connectivity index (χ0n) is 16.9. The monoisotopic (exact) mass is 417 g/mol. The van der Waals surface area contributed by atoms with Crippen LogP contribution < -0.4 is 15.4 Å². The van der Waals surface area contributed by atoms with E-state index in [0.29, 0.717) is 37.4 Å². The van der Waals surface area contributed by atoms with E-state index in [-0.39, 0.29) is 11.6 Å². The third-order valence-electron chi connectivity index (χ3n) is 5.40. The minimum absolute atomic E-state index is 0.178. The summed E-state index contributed by atoms with van der Waals surface area (Å²) >= 11 is 0. The van der Waals surface area contributed by atoms with Gasteiger partial charge in [-0.2, -0.15) is 0 Å². The van der Waals surface area contributed by atoms with Gasteiger partial charge < -0.3 is 20.5 Å². The number of pyridine rings is 1. The molecule has 1 aromatic heterocycles. The number of aromatic nitrogens is 1. The van der Waals surface area contributed by atoms with E-state index in [9.17, 15) is 14.7 Å². The molecule has 0 atom stereocenters. The van der Waals surface area contributed by atoms with Gasteiger partial charge in [0.15, 0.2) is 0 Å². The molecular formula is C24H23N3O4. The number of nitrogens with zero attached hydrogens (tertiary/aromatic N) is 2. The number of nitrogens with two attached hydrogens (primary N) is 1. The number of carboxylic acids is 1. The van der Waals surface area contributed by atoms with Gasteiger partial charge in [-0.3, -0.25) is 9.59 Å². The van der Waals surface area contributed by atoms with Crippen LogP contribution in [0, 0.1) is 5.92 Å². The number of anilines is 1. The SMILES string of the molecule is NC(=O)c1cc(N2CCC(C(=O)O)CC2)cc(-c2ccc(Oc3ccccc3)cc2)n1. The summed E-state index contributed by atoms with van der Waals surface area (Å²) in [6.45, 7) is 1.20. The second-order valence-corrected chi connectivity index (χ2v) is 7.50. The van der Waals surface area contributed by atoms with Crippen molar-refractivity contribution in [3.8, 4) is 22.8 Å². The normalized spacial score (nSPS) is 14.3. The molecule has 0 saturated carbocycles. The van der Waals surface area contributed by atoms with Crippen molar-refractivity contribution in [1.29, 1.82) is 0 Å². The lowest BCUT2D eigenvalue weighted by Gasteiger charge is -2.32. The Morgan fingerprint density at radius 1 is 0.968 bits per heavy atom. The molecule has 2 aromatic carbocycles. The Morgan fingerprint density at radius 3 is 2.23 bits per heavy atom. The molecule has 1 fully saturated rings. The largest absolute Gasteiger partial charge is 0.481 e. The summed E-state index contributed by atoms with van der Waals surface area (Å²) in [6, 6.07) is 20.5. The lowest BCUT2D eigenvalue weighted by Crippen LogP contribution is -2.36. The highest BCUT2D eigenvalue weighted by Gasteiger charge is 2.25. The molecule has 0 aliphatic carbocycles. The Morgan fingerprint density at radius 2 is 1.61 bits per heavy atom. The van der Waals surface area contributed by atoms with Crippen molar-refractivity contribution in [2.45, 2.75) is 12.8 Å². The summed E-state index contributed by atoms with van der Waals surface area (Å²) in [6.07, 6.45) is 1.12. The number of piperidine rings is 1. The van der Waals surface area contributed by atoms with Crippen molar-refractivity contribution in [1.82, 2.24) is 4.98 Å². The van der Waals surface area contributed by atoms with Crippen LogP contribution in [-0.4, -0.2) is 35.1 Å². The molecule has 3 N–H and O–H groups in total. The van der Waals surface area contributed by atoms with E-state index in [1.807, 2.05) is 60.7 Å². The van der Waals surface area contributed by atoms with E-state index in [1.165, 1.54) is 0 Å². The lowest BCUT2D eigenvalue weighted by atomic mass is 9.96. The topological polar surface area (TPSA) is 106 Å². The Bertz CT molecular complexity index is 1080. The predicted octanol–water partition coefficient (Wildman–Crippen LogP) is 3.94. The fourth-order valence-corrected chi connectivity index (χ4v) is 3.68. The minimum Gasteiger partial charge on any atom is -0.481 e. The van der Waals surface area contributed by atoms with Crippen LogP contribution in [0.5, 0.6) is 11.5 Å². The van der Waals surface area contributed by atoms with Crippen LogP contribution in [-0.2, 0) is 4.79 Å². The first-order valence-corrected chi connectivity index (χ1v) is 10.1. The molecule has 0 radical (unpaired) electrons. The first kappa shape index (κ1) is 20.4. The van der Waals surface area contributed by atoms with Crippen LogP contribution in [0.1, 0.15) is 23.3 Å². The summed E-state index contributed by atoms with van der Waals surface area (Å²) in [5, 5.41) is 9.22. The molecule has 0 unspecified atom stereocenters. The number of carbonyl (C=O) groups is 2. The number of para-hydroxylation sites is 1. The molecule has 2 heterocycles. The van der Waals surface area contributed by atoms with Gasteiger partial charge in [0, 0.05) is 24.3 Å². The molecule has 1 amide bonds. The predicted molar refractivity (Wildman–Crippen MR) is 117 cm³/mol. The second-order valence-electron chi connectivity index (χ2n) is 7.50. The van der Waals surface area contributed by atoms with Gasteiger partial charge in [0.05, 0.1) is 11.6 Å². The number of hydrogen-bond acceptors (Lipinski definition) is 5. The highest BCUT2D eigenvalue weighted by molar-refractivity contribution is 5.92. The molecule has 3 aromatic rings. The quantitative estimate of drug-likeness (QED) is 0.629. The van der Waals surface area contributed by atoms with Gasteiger partial charge >= 0.3 is 5.97 Å². The van der Waals surface area contributed by atoms with Gasteiger partial charge in [-0.1, -0.05) is 18.2 Å². The smallest absolute Gasteiger partial charge is 0.306 e. The second kappa shape index (κ2) is 8.87. The van der Waals surface area contributed by atoms with Crippen LogP contribution in [0.15, 0.2) is 66.7 Å². The maximum absolute atomic E-state index is 11.9. The Hall–Kier alpha value is -3.87. The Labute approximate surface area is 180 Å². The van der Waals surface area contributed by atoms with Crippen molar-refractivity contribution in [3.05, 3.63) is 72.4 Å². The van der Waals surface area contributed by atoms with E-state index < -0.39 is 11.9 Å². The third-order valence-corrected chi connectivity index (χ3v) is 5.40. The fraction of sp³-hybridized carbons (Fsp3) is 0.208. The molecule has 1 aliphatic heterocycles. The first-order valence-electron chi connectivity index (χ1n) is 10.1. The molecule has 1 aliphatic rings. The highest BCUT2D eigenvalue weighted by Crippen LogP contribution is 2.30. The van der Waals surface area contributed by atoms with Gasteiger partial charge in [-0.25, -0.2) is 4.98 Å². The number of hydrogen-bond donors (Lipinski definition) is 2. The Balaban J connectivity index is 1.58. The maximum Gasteiger partial charge on any atom is 0.306 e. The summed E-state index contributed by atoms with van der Waals surface area (Å²) in [5.74, 6) is -0.253. The number of carbonyl (C=O) groups excluding carboxylic acids is 1. The van der Waals surface area contributed by atoms with E-state index in [4.69, 9.17) is 10.5 Å². The molecule has 4 rings (SSSR count). The number of carboxylic acid groups (broad SMARTS) is 1. The zero-order valence-corrected chi connectivity index (χ0v) is 16.9. The lowest BCUT2D eigenvalue weighted by molar-refractivity contribution is -0.142. The maximum atomic E-state index is 11.9. The molecule has 158 valence electrons. The van der Waals surface area contributed by atoms with Crippen LogP contribution in [0.25, 0.3) is 11.3 Å². The van der Waals surface area contributed by atoms with E-state index in [0.717, 1.165) is 17.0 Å². The van der Waals surface area contributed by atoms with Gasteiger partial charge in [0.2, 0.25) is 0 Å². The number of benzene rings is 2. The van der Waals surface area contributed by atoms with Gasteiger partial charge in [0.25, 0.3) is 5.91 Å². The Kier molecular flexibility index (Phi) is 5.84. The summed E-state index contributed by atoms with van der Waals surface area (Å²) in [4.78, 5) is 29.6. The van der Waals surface area contributed by atoms with Crippen LogP contribution in [0.4, 0.5) is 5.69 Å². The summed E-state index contributed by atoms with van der Waals surface area (Å²) < 4.78 is 5.83. The van der Waals surface area contributed by atoms with Gasteiger partial charge in [-0.15, -0.1) is 0 Å². The number of aliphatic carboxylic acids is 1. The molecule has 1 saturated heterocycles. The van der Waals surface area contributed by atoms with Crippen molar-refractivity contribution in [2.24, 2.45) is 11.7 Å². The molecule has 7 nitrogen and oxygen atoms in total. The van der Waals surface area contributed by atoms with E-state index in [1.54, 1.807) is 6.07 Å². The zero-order chi connectivity index (χ0) is 21.8. The van der Waals surface area contributed by atoms with E-state index in [2.05, 4.69) is 9.88 Å². The summed E-state index contributed by atoms with van der Waals surface area (Å²) in [5.41, 5.74) is 7.95. The average molecular weight is 417 g/mol.